The Labute approximate surface area is 111 Å². The van der Waals surface area contributed by atoms with E-state index in [1.807, 2.05) is 42.7 Å². The van der Waals surface area contributed by atoms with E-state index < -0.39 is 0 Å². The van der Waals surface area contributed by atoms with Gasteiger partial charge in [-0.15, -0.1) is 0 Å². The first-order chi connectivity index (χ1) is 8.84. The van der Waals surface area contributed by atoms with Crippen molar-refractivity contribution in [3.05, 3.63) is 82.9 Å². The molecule has 0 aliphatic rings. The van der Waals surface area contributed by atoms with Crippen LogP contribution in [0.25, 0.3) is 0 Å². The molecule has 3 heteroatoms. The average molecular weight is 257 g/mol. The molecule has 2 heterocycles. The van der Waals surface area contributed by atoms with Crippen LogP contribution in [0.3, 0.4) is 0 Å². The van der Waals surface area contributed by atoms with Crippen LogP contribution in [0, 0.1) is 0 Å². The molecule has 2 aromatic heterocycles. The van der Waals surface area contributed by atoms with E-state index in [4.69, 9.17) is 11.6 Å². The van der Waals surface area contributed by atoms with E-state index in [-0.39, 0.29) is 5.92 Å². The molecule has 0 fully saturated rings. The van der Waals surface area contributed by atoms with Crippen molar-refractivity contribution in [3.8, 4) is 0 Å². The highest BCUT2D eigenvalue weighted by molar-refractivity contribution is 6.30. The van der Waals surface area contributed by atoms with Crippen molar-refractivity contribution >= 4 is 11.6 Å². The summed E-state index contributed by atoms with van der Waals surface area (Å²) in [5.41, 5.74) is 3.48. The van der Waals surface area contributed by atoms with Gasteiger partial charge in [-0.1, -0.05) is 23.7 Å². The summed E-state index contributed by atoms with van der Waals surface area (Å²) in [6.45, 7) is 0. The molecule has 0 radical (unpaired) electrons. The van der Waals surface area contributed by atoms with Crippen LogP contribution in [0.15, 0.2) is 60.9 Å². The number of aromatic amines is 2. The molecule has 1 aromatic carbocycles. The van der Waals surface area contributed by atoms with Crippen LogP contribution < -0.4 is 0 Å². The van der Waals surface area contributed by atoms with Crippen molar-refractivity contribution in [1.29, 1.82) is 0 Å². The number of H-pyrrole nitrogens is 2. The zero-order chi connectivity index (χ0) is 12.4. The number of hydrogen-bond donors (Lipinski definition) is 2. The first kappa shape index (κ1) is 11.2. The predicted octanol–water partition coefficient (Wildman–Crippen LogP) is 4.18. The number of nitrogens with one attached hydrogen (secondary N) is 2. The third-order valence-corrected chi connectivity index (χ3v) is 3.28. The van der Waals surface area contributed by atoms with Gasteiger partial charge in [0.25, 0.3) is 0 Å². The van der Waals surface area contributed by atoms with Gasteiger partial charge in [0.05, 0.1) is 5.92 Å². The van der Waals surface area contributed by atoms with E-state index in [2.05, 4.69) is 28.2 Å². The highest BCUT2D eigenvalue weighted by Gasteiger charge is 2.18. The Morgan fingerprint density at radius 2 is 1.50 bits per heavy atom. The van der Waals surface area contributed by atoms with Gasteiger partial charge < -0.3 is 9.97 Å². The van der Waals surface area contributed by atoms with E-state index in [0.29, 0.717) is 0 Å². The van der Waals surface area contributed by atoms with Gasteiger partial charge in [0.15, 0.2) is 0 Å². The smallest absolute Gasteiger partial charge is 0.0641 e. The second kappa shape index (κ2) is 4.75. The van der Waals surface area contributed by atoms with Gasteiger partial charge in [0, 0.05) is 28.8 Å². The second-order valence-electron chi connectivity index (χ2n) is 4.24. The minimum absolute atomic E-state index is 0.161. The molecule has 0 atom stereocenters. The van der Waals surface area contributed by atoms with E-state index in [1.165, 1.54) is 5.56 Å². The maximum Gasteiger partial charge on any atom is 0.0641 e. The topological polar surface area (TPSA) is 31.6 Å². The van der Waals surface area contributed by atoms with Crippen LogP contribution in [0.5, 0.6) is 0 Å². The molecule has 90 valence electrons. The zero-order valence-electron chi connectivity index (χ0n) is 9.73. The van der Waals surface area contributed by atoms with Crippen LogP contribution in [-0.2, 0) is 0 Å². The lowest BCUT2D eigenvalue weighted by Gasteiger charge is -2.15. The maximum atomic E-state index is 6.09. The molecule has 0 amide bonds. The third kappa shape index (κ3) is 2.07. The summed E-state index contributed by atoms with van der Waals surface area (Å²) in [6.07, 6.45) is 3.88. The van der Waals surface area contributed by atoms with Crippen molar-refractivity contribution < 1.29 is 0 Å². The molecule has 3 aromatic rings. The summed E-state index contributed by atoms with van der Waals surface area (Å²) in [5.74, 6) is 0.161. The quantitative estimate of drug-likeness (QED) is 0.705. The fraction of sp³-hybridized carbons (Fsp3) is 0.0667. The summed E-state index contributed by atoms with van der Waals surface area (Å²) in [5, 5.41) is 0.760. The SMILES string of the molecule is Clc1cccc(C(c2ccc[nH]2)c2ccc[nH]2)c1. The monoisotopic (exact) mass is 256 g/mol. The molecular formula is C15H13ClN2. The largest absolute Gasteiger partial charge is 0.364 e. The molecule has 0 unspecified atom stereocenters. The van der Waals surface area contributed by atoms with Gasteiger partial charge in [0.2, 0.25) is 0 Å². The van der Waals surface area contributed by atoms with Gasteiger partial charge in [-0.3, -0.25) is 0 Å². The Hall–Kier alpha value is -1.93. The van der Waals surface area contributed by atoms with E-state index >= 15 is 0 Å². The third-order valence-electron chi connectivity index (χ3n) is 3.05. The molecule has 0 aliphatic heterocycles. The highest BCUT2D eigenvalue weighted by Crippen LogP contribution is 2.30. The van der Waals surface area contributed by atoms with Gasteiger partial charge in [0.1, 0.15) is 0 Å². The van der Waals surface area contributed by atoms with Gasteiger partial charge >= 0.3 is 0 Å². The highest BCUT2D eigenvalue weighted by atomic mass is 35.5. The zero-order valence-corrected chi connectivity index (χ0v) is 10.5. The van der Waals surface area contributed by atoms with Crippen LogP contribution >= 0.6 is 11.6 Å². The first-order valence-corrected chi connectivity index (χ1v) is 6.24. The lowest BCUT2D eigenvalue weighted by molar-refractivity contribution is 0.898. The molecular weight excluding hydrogens is 244 g/mol. The van der Waals surface area contributed by atoms with Gasteiger partial charge in [-0.2, -0.15) is 0 Å². The lowest BCUT2D eigenvalue weighted by Crippen LogP contribution is -2.04. The summed E-state index contributed by atoms with van der Waals surface area (Å²) >= 11 is 6.09. The van der Waals surface area contributed by atoms with E-state index in [0.717, 1.165) is 16.4 Å². The normalized spacial score (nSPS) is 11.0. The fourth-order valence-electron chi connectivity index (χ4n) is 2.26. The molecule has 2 nitrogen and oxygen atoms in total. The van der Waals surface area contributed by atoms with Gasteiger partial charge in [-0.25, -0.2) is 0 Å². The Kier molecular flexibility index (Phi) is 2.95. The number of aromatic nitrogens is 2. The molecule has 0 spiro atoms. The van der Waals surface area contributed by atoms with Crippen LogP contribution in [-0.4, -0.2) is 9.97 Å². The van der Waals surface area contributed by atoms with Crippen LogP contribution in [0.4, 0.5) is 0 Å². The van der Waals surface area contributed by atoms with Crippen molar-refractivity contribution in [1.82, 2.24) is 9.97 Å². The van der Waals surface area contributed by atoms with Crippen molar-refractivity contribution in [2.45, 2.75) is 5.92 Å². The Morgan fingerprint density at radius 1 is 0.833 bits per heavy atom. The van der Waals surface area contributed by atoms with E-state index in [9.17, 15) is 0 Å². The Balaban J connectivity index is 2.11. The Morgan fingerprint density at radius 3 is 2.00 bits per heavy atom. The molecule has 0 bridgehead atoms. The maximum absolute atomic E-state index is 6.09. The summed E-state index contributed by atoms with van der Waals surface area (Å²) in [7, 11) is 0. The van der Waals surface area contributed by atoms with Crippen LogP contribution in [0.2, 0.25) is 5.02 Å². The lowest BCUT2D eigenvalue weighted by atomic mass is 9.93. The van der Waals surface area contributed by atoms with Crippen molar-refractivity contribution in [2.24, 2.45) is 0 Å². The van der Waals surface area contributed by atoms with Crippen LogP contribution in [0.1, 0.15) is 22.9 Å². The number of halogens is 1. The molecule has 18 heavy (non-hydrogen) atoms. The van der Waals surface area contributed by atoms with E-state index in [1.54, 1.807) is 0 Å². The minimum atomic E-state index is 0.161. The number of benzene rings is 1. The predicted molar refractivity (Wildman–Crippen MR) is 74.0 cm³/mol. The molecule has 0 saturated carbocycles. The summed E-state index contributed by atoms with van der Waals surface area (Å²) < 4.78 is 0. The molecule has 0 aliphatic carbocycles. The molecule has 0 saturated heterocycles. The average Bonchev–Trinajstić information content (AvgIpc) is 3.02. The summed E-state index contributed by atoms with van der Waals surface area (Å²) in [4.78, 5) is 6.56. The standard InChI is InChI=1S/C15H13ClN2/c16-12-5-1-4-11(10-12)15(13-6-2-8-17-13)14-7-3-9-18-14/h1-10,15,17-18H. The van der Waals surface area contributed by atoms with Crippen molar-refractivity contribution in [2.75, 3.05) is 0 Å². The fourth-order valence-corrected chi connectivity index (χ4v) is 2.46. The number of rotatable bonds is 3. The Bertz CT molecular complexity index is 578. The minimum Gasteiger partial charge on any atom is -0.364 e. The molecule has 3 rings (SSSR count). The first-order valence-electron chi connectivity index (χ1n) is 5.86. The van der Waals surface area contributed by atoms with Crippen molar-refractivity contribution in [3.63, 3.8) is 0 Å². The number of hydrogen-bond acceptors (Lipinski definition) is 0. The van der Waals surface area contributed by atoms with Gasteiger partial charge in [-0.05, 0) is 42.0 Å². The molecule has 2 N–H and O–H groups in total. The second-order valence-corrected chi connectivity index (χ2v) is 4.68. The summed E-state index contributed by atoms with van der Waals surface area (Å²) in [6, 6.07) is 16.2.